The molecule has 0 fully saturated rings. The molecular formula is C23H22N2O3. The fraction of sp³-hybridized carbons (Fsp3) is 0.130. The SMILES string of the molecule is COc1ccc(C[C@H](NC(=O)c2ccc(-c3ccccc3)cc2)C(N)=O)cc1. The first-order valence-electron chi connectivity index (χ1n) is 8.95. The van der Waals surface area contributed by atoms with Gasteiger partial charge in [-0.25, -0.2) is 0 Å². The largest absolute Gasteiger partial charge is 0.497 e. The molecule has 142 valence electrons. The van der Waals surface area contributed by atoms with Crippen LogP contribution in [-0.2, 0) is 11.2 Å². The molecule has 0 spiro atoms. The Morgan fingerprint density at radius 1 is 0.893 bits per heavy atom. The van der Waals surface area contributed by atoms with Crippen LogP contribution in [0.3, 0.4) is 0 Å². The lowest BCUT2D eigenvalue weighted by Gasteiger charge is -2.16. The van der Waals surface area contributed by atoms with E-state index in [1.165, 1.54) is 0 Å². The highest BCUT2D eigenvalue weighted by Gasteiger charge is 2.19. The lowest BCUT2D eigenvalue weighted by molar-refractivity contribution is -0.119. The molecule has 0 saturated carbocycles. The Bertz CT molecular complexity index is 936. The second kappa shape index (κ2) is 8.86. The van der Waals surface area contributed by atoms with Crippen LogP contribution < -0.4 is 15.8 Å². The van der Waals surface area contributed by atoms with Crippen molar-refractivity contribution >= 4 is 11.8 Å². The van der Waals surface area contributed by atoms with Crippen molar-refractivity contribution in [3.8, 4) is 16.9 Å². The Labute approximate surface area is 164 Å². The Kier molecular flexibility index (Phi) is 6.07. The summed E-state index contributed by atoms with van der Waals surface area (Å²) in [4.78, 5) is 24.4. The summed E-state index contributed by atoms with van der Waals surface area (Å²) >= 11 is 0. The van der Waals surface area contributed by atoms with Gasteiger partial charge in [0.1, 0.15) is 11.8 Å². The quantitative estimate of drug-likeness (QED) is 0.666. The molecule has 1 atom stereocenters. The molecular weight excluding hydrogens is 352 g/mol. The molecule has 0 heterocycles. The van der Waals surface area contributed by atoms with Gasteiger partial charge in [0.05, 0.1) is 7.11 Å². The van der Waals surface area contributed by atoms with Crippen LogP contribution in [0.1, 0.15) is 15.9 Å². The zero-order chi connectivity index (χ0) is 19.9. The first-order valence-corrected chi connectivity index (χ1v) is 8.95. The van der Waals surface area contributed by atoms with E-state index in [9.17, 15) is 9.59 Å². The minimum absolute atomic E-state index is 0.313. The average Bonchev–Trinajstić information content (AvgIpc) is 2.74. The number of carbonyl (C=O) groups is 2. The normalized spacial score (nSPS) is 11.5. The molecule has 0 aliphatic carbocycles. The zero-order valence-electron chi connectivity index (χ0n) is 15.6. The third-order valence-corrected chi connectivity index (χ3v) is 4.50. The molecule has 0 aliphatic heterocycles. The molecule has 3 N–H and O–H groups in total. The number of hydrogen-bond acceptors (Lipinski definition) is 3. The van der Waals surface area contributed by atoms with Crippen molar-refractivity contribution in [2.45, 2.75) is 12.5 Å². The van der Waals surface area contributed by atoms with E-state index in [0.717, 1.165) is 22.4 Å². The number of amides is 2. The fourth-order valence-electron chi connectivity index (χ4n) is 2.91. The molecule has 0 saturated heterocycles. The van der Waals surface area contributed by atoms with Crippen LogP contribution in [0.2, 0.25) is 0 Å². The van der Waals surface area contributed by atoms with Crippen molar-refractivity contribution in [3.63, 3.8) is 0 Å². The van der Waals surface area contributed by atoms with Crippen LogP contribution in [0.15, 0.2) is 78.9 Å². The summed E-state index contributed by atoms with van der Waals surface area (Å²) in [6.07, 6.45) is 0.313. The maximum atomic E-state index is 12.6. The van der Waals surface area contributed by atoms with Crippen molar-refractivity contribution in [2.75, 3.05) is 7.11 Å². The summed E-state index contributed by atoms with van der Waals surface area (Å²) in [5.41, 5.74) is 8.93. The first-order chi connectivity index (χ1) is 13.6. The third kappa shape index (κ3) is 4.76. The molecule has 28 heavy (non-hydrogen) atoms. The van der Waals surface area contributed by atoms with Crippen LogP contribution in [-0.4, -0.2) is 25.0 Å². The van der Waals surface area contributed by atoms with E-state index >= 15 is 0 Å². The van der Waals surface area contributed by atoms with Gasteiger partial charge in [0.2, 0.25) is 5.91 Å². The van der Waals surface area contributed by atoms with Gasteiger partial charge in [-0.15, -0.1) is 0 Å². The predicted molar refractivity (Wildman–Crippen MR) is 109 cm³/mol. The maximum Gasteiger partial charge on any atom is 0.251 e. The van der Waals surface area contributed by atoms with Gasteiger partial charge >= 0.3 is 0 Å². The zero-order valence-corrected chi connectivity index (χ0v) is 15.6. The fourth-order valence-corrected chi connectivity index (χ4v) is 2.91. The Hall–Kier alpha value is -3.60. The molecule has 5 heteroatoms. The van der Waals surface area contributed by atoms with Gasteiger partial charge in [-0.1, -0.05) is 54.6 Å². The predicted octanol–water partition coefficient (Wildman–Crippen LogP) is 3.19. The molecule has 5 nitrogen and oxygen atoms in total. The third-order valence-electron chi connectivity index (χ3n) is 4.50. The van der Waals surface area contributed by atoms with Gasteiger partial charge in [-0.2, -0.15) is 0 Å². The highest BCUT2D eigenvalue weighted by molar-refractivity contribution is 5.97. The van der Waals surface area contributed by atoms with Gasteiger partial charge in [-0.05, 0) is 41.0 Å². The standard InChI is InChI=1S/C23H22N2O3/c1-28-20-13-7-16(8-14-20)15-21(22(24)26)25-23(27)19-11-9-18(10-12-19)17-5-3-2-4-6-17/h2-14,21H,15H2,1H3,(H2,24,26)(H,25,27)/t21-/m0/s1. The van der Waals surface area contributed by atoms with Gasteiger partial charge < -0.3 is 15.8 Å². The molecule has 0 bridgehead atoms. The number of rotatable bonds is 7. The Morgan fingerprint density at radius 2 is 1.50 bits per heavy atom. The van der Waals surface area contributed by atoms with Crippen LogP contribution in [0.4, 0.5) is 0 Å². The highest BCUT2D eigenvalue weighted by Crippen LogP contribution is 2.19. The lowest BCUT2D eigenvalue weighted by atomic mass is 10.0. The van der Waals surface area contributed by atoms with E-state index in [-0.39, 0.29) is 5.91 Å². The van der Waals surface area contributed by atoms with Gasteiger partial charge in [-0.3, -0.25) is 9.59 Å². The monoisotopic (exact) mass is 374 g/mol. The molecule has 3 rings (SSSR count). The second-order valence-corrected chi connectivity index (χ2v) is 6.42. The van der Waals surface area contributed by atoms with Gasteiger partial charge in [0, 0.05) is 12.0 Å². The maximum absolute atomic E-state index is 12.6. The van der Waals surface area contributed by atoms with Gasteiger partial charge in [0.25, 0.3) is 5.91 Å². The van der Waals surface area contributed by atoms with E-state index < -0.39 is 11.9 Å². The summed E-state index contributed by atoms with van der Waals surface area (Å²) in [6.45, 7) is 0. The molecule has 0 radical (unpaired) electrons. The number of benzene rings is 3. The number of hydrogen-bond donors (Lipinski definition) is 2. The van der Waals surface area contributed by atoms with Crippen molar-refractivity contribution < 1.29 is 14.3 Å². The van der Waals surface area contributed by atoms with Crippen molar-refractivity contribution in [3.05, 3.63) is 90.0 Å². The number of nitrogens with one attached hydrogen (secondary N) is 1. The van der Waals surface area contributed by atoms with Crippen LogP contribution >= 0.6 is 0 Å². The molecule has 0 aliphatic rings. The van der Waals surface area contributed by atoms with E-state index in [1.807, 2.05) is 54.6 Å². The number of nitrogens with two attached hydrogens (primary N) is 1. The summed E-state index contributed by atoms with van der Waals surface area (Å²) in [5.74, 6) is -0.191. The second-order valence-electron chi connectivity index (χ2n) is 6.42. The van der Waals surface area contributed by atoms with E-state index in [0.29, 0.717) is 12.0 Å². The molecule has 2 amide bonds. The number of primary amides is 1. The minimum Gasteiger partial charge on any atom is -0.497 e. The van der Waals surface area contributed by atoms with E-state index in [4.69, 9.17) is 10.5 Å². The van der Waals surface area contributed by atoms with Crippen molar-refractivity contribution in [2.24, 2.45) is 5.73 Å². The van der Waals surface area contributed by atoms with Crippen LogP contribution in [0.25, 0.3) is 11.1 Å². The van der Waals surface area contributed by atoms with Crippen molar-refractivity contribution in [1.82, 2.24) is 5.32 Å². The summed E-state index contributed by atoms with van der Waals surface area (Å²) in [5, 5.41) is 2.72. The summed E-state index contributed by atoms with van der Waals surface area (Å²) < 4.78 is 5.12. The molecule has 0 aromatic heterocycles. The summed E-state index contributed by atoms with van der Waals surface area (Å²) in [6, 6.07) is 23.6. The van der Waals surface area contributed by atoms with Crippen LogP contribution in [0, 0.1) is 0 Å². The minimum atomic E-state index is -0.797. The Balaban J connectivity index is 1.69. The number of carbonyl (C=O) groups excluding carboxylic acids is 2. The van der Waals surface area contributed by atoms with Crippen molar-refractivity contribution in [1.29, 1.82) is 0 Å². The smallest absolute Gasteiger partial charge is 0.251 e. The highest BCUT2D eigenvalue weighted by atomic mass is 16.5. The molecule has 0 unspecified atom stereocenters. The van der Waals surface area contributed by atoms with Gasteiger partial charge in [0.15, 0.2) is 0 Å². The van der Waals surface area contributed by atoms with E-state index in [2.05, 4.69) is 5.32 Å². The number of ether oxygens (including phenoxy) is 1. The van der Waals surface area contributed by atoms with Crippen LogP contribution in [0.5, 0.6) is 5.75 Å². The average molecular weight is 374 g/mol. The lowest BCUT2D eigenvalue weighted by Crippen LogP contribution is -2.45. The van der Waals surface area contributed by atoms with E-state index in [1.54, 1.807) is 31.4 Å². The topological polar surface area (TPSA) is 81.4 Å². The number of methoxy groups -OCH3 is 1. The summed E-state index contributed by atoms with van der Waals surface area (Å²) in [7, 11) is 1.59. The molecule has 3 aromatic rings. The Morgan fingerprint density at radius 3 is 2.07 bits per heavy atom. The molecule has 3 aromatic carbocycles. The first kappa shape index (κ1) is 19.2.